The van der Waals surface area contributed by atoms with E-state index in [0.717, 1.165) is 22.0 Å². The monoisotopic (exact) mass is 350 g/mol. The molecule has 0 atom stereocenters. The molecule has 0 fully saturated rings. The number of sulfonamides is 1. The van der Waals surface area contributed by atoms with E-state index in [-0.39, 0.29) is 18.0 Å². The van der Waals surface area contributed by atoms with Gasteiger partial charge in [0.25, 0.3) is 0 Å². The molecule has 1 amide bonds. The van der Waals surface area contributed by atoms with Crippen LogP contribution in [-0.2, 0) is 14.8 Å². The lowest BCUT2D eigenvalue weighted by Crippen LogP contribution is -2.37. The van der Waals surface area contributed by atoms with Crippen LogP contribution in [0.1, 0.15) is 12.5 Å². The summed E-state index contributed by atoms with van der Waals surface area (Å²) in [7, 11) is -3.86. The number of nitrogens with zero attached hydrogens (tertiary/aromatic N) is 1. The second-order valence-electron chi connectivity index (χ2n) is 5.30. The number of anilines is 1. The number of hydrogen-bond acceptors (Lipinski definition) is 3. The number of carbonyl (C=O) groups is 1. The predicted octanol–water partition coefficient (Wildman–Crippen LogP) is 2.78. The Labute approximate surface area is 141 Å². The molecule has 0 heterocycles. The van der Waals surface area contributed by atoms with E-state index < -0.39 is 21.7 Å². The van der Waals surface area contributed by atoms with Gasteiger partial charge in [-0.3, -0.25) is 4.79 Å². The molecule has 2 rings (SSSR count). The summed E-state index contributed by atoms with van der Waals surface area (Å²) in [5.41, 5.74) is 1.59. The summed E-state index contributed by atoms with van der Waals surface area (Å²) in [4.78, 5) is 12.1. The molecule has 2 aromatic carbocycles. The fourth-order valence-electron chi connectivity index (χ4n) is 2.21. The Morgan fingerprint density at radius 1 is 1.17 bits per heavy atom. The van der Waals surface area contributed by atoms with Crippen molar-refractivity contribution < 1.29 is 17.6 Å². The zero-order valence-corrected chi connectivity index (χ0v) is 14.3. The molecule has 0 spiro atoms. The van der Waals surface area contributed by atoms with Gasteiger partial charge in [0.2, 0.25) is 15.9 Å². The molecule has 2 aromatic rings. The summed E-state index contributed by atoms with van der Waals surface area (Å²) in [6.07, 6.45) is 0. The van der Waals surface area contributed by atoms with Crippen LogP contribution in [0.15, 0.2) is 53.4 Å². The summed E-state index contributed by atoms with van der Waals surface area (Å²) in [6.45, 7) is 3.35. The largest absolute Gasteiger partial charge is 0.325 e. The predicted molar refractivity (Wildman–Crippen MR) is 90.6 cm³/mol. The van der Waals surface area contributed by atoms with Gasteiger partial charge in [-0.1, -0.05) is 19.1 Å². The minimum atomic E-state index is -3.86. The number of benzene rings is 2. The Hall–Kier alpha value is -2.25. The highest BCUT2D eigenvalue weighted by atomic mass is 32.2. The van der Waals surface area contributed by atoms with Crippen molar-refractivity contribution in [3.63, 3.8) is 0 Å². The molecule has 0 unspecified atom stereocenters. The van der Waals surface area contributed by atoms with Crippen LogP contribution >= 0.6 is 0 Å². The second kappa shape index (κ2) is 7.55. The number of rotatable bonds is 6. The van der Waals surface area contributed by atoms with Gasteiger partial charge in [0.05, 0.1) is 11.4 Å². The van der Waals surface area contributed by atoms with Crippen LogP contribution in [-0.4, -0.2) is 31.7 Å². The lowest BCUT2D eigenvalue weighted by atomic mass is 10.2. The molecule has 128 valence electrons. The minimum absolute atomic E-state index is 0.0471. The Bertz CT molecular complexity index is 820. The first-order valence-corrected chi connectivity index (χ1v) is 8.89. The normalized spacial score (nSPS) is 11.5. The van der Waals surface area contributed by atoms with Gasteiger partial charge in [0, 0.05) is 12.2 Å². The molecule has 0 bridgehead atoms. The molecule has 7 heteroatoms. The van der Waals surface area contributed by atoms with Gasteiger partial charge < -0.3 is 5.32 Å². The third-order valence-electron chi connectivity index (χ3n) is 3.43. The van der Waals surface area contributed by atoms with Crippen LogP contribution in [0.2, 0.25) is 0 Å². The molecule has 1 N–H and O–H groups in total. The van der Waals surface area contributed by atoms with Crippen molar-refractivity contribution in [1.82, 2.24) is 4.31 Å². The number of halogens is 1. The molecule has 0 radical (unpaired) electrons. The van der Waals surface area contributed by atoms with Crippen molar-refractivity contribution in [2.45, 2.75) is 18.7 Å². The minimum Gasteiger partial charge on any atom is -0.325 e. The van der Waals surface area contributed by atoms with Crippen LogP contribution in [0.5, 0.6) is 0 Å². The Kier molecular flexibility index (Phi) is 5.69. The van der Waals surface area contributed by atoms with Crippen LogP contribution < -0.4 is 5.32 Å². The smallest absolute Gasteiger partial charge is 0.243 e. The Balaban J connectivity index is 2.13. The van der Waals surface area contributed by atoms with E-state index in [9.17, 15) is 17.6 Å². The molecule has 0 saturated carbocycles. The summed E-state index contributed by atoms with van der Waals surface area (Å²) in [5, 5.41) is 2.68. The molecule has 0 saturated heterocycles. The number of amides is 1. The van der Waals surface area contributed by atoms with Gasteiger partial charge in [-0.05, 0) is 48.9 Å². The van der Waals surface area contributed by atoms with Gasteiger partial charge in [-0.25, -0.2) is 12.8 Å². The number of hydrogen-bond donors (Lipinski definition) is 1. The molecule has 0 aromatic heterocycles. The van der Waals surface area contributed by atoms with E-state index >= 15 is 0 Å². The van der Waals surface area contributed by atoms with Crippen LogP contribution in [0.25, 0.3) is 0 Å². The fraction of sp³-hybridized carbons (Fsp3) is 0.235. The maximum atomic E-state index is 13.0. The summed E-state index contributed by atoms with van der Waals surface area (Å²) in [6, 6.07) is 11.8. The summed E-state index contributed by atoms with van der Waals surface area (Å²) >= 11 is 0. The summed E-state index contributed by atoms with van der Waals surface area (Å²) in [5.74, 6) is -0.956. The lowest BCUT2D eigenvalue weighted by Gasteiger charge is -2.20. The third-order valence-corrected chi connectivity index (χ3v) is 5.36. The van der Waals surface area contributed by atoms with Crippen LogP contribution in [0.3, 0.4) is 0 Å². The van der Waals surface area contributed by atoms with Gasteiger partial charge >= 0.3 is 0 Å². The van der Waals surface area contributed by atoms with Gasteiger partial charge in [0.1, 0.15) is 5.82 Å². The standard InChI is InChI=1S/C17H19FN2O3S/c1-3-20(24(22,23)16-9-7-14(18)8-10-16)12-17(21)19-15-6-4-5-13(2)11-15/h4-11H,3,12H2,1-2H3,(H,19,21). The van der Waals surface area contributed by atoms with E-state index in [1.807, 2.05) is 13.0 Å². The first kappa shape index (κ1) is 18.1. The molecule has 24 heavy (non-hydrogen) atoms. The maximum absolute atomic E-state index is 13.0. The van der Waals surface area contributed by atoms with Crippen molar-refractivity contribution >= 4 is 21.6 Å². The van der Waals surface area contributed by atoms with E-state index in [1.165, 1.54) is 12.1 Å². The number of carbonyl (C=O) groups excluding carboxylic acids is 1. The third kappa shape index (κ3) is 4.39. The van der Waals surface area contributed by atoms with Crippen molar-refractivity contribution in [2.24, 2.45) is 0 Å². The molecule has 0 aliphatic rings. The van der Waals surface area contributed by atoms with E-state index in [2.05, 4.69) is 5.32 Å². The van der Waals surface area contributed by atoms with Crippen molar-refractivity contribution in [3.05, 3.63) is 59.9 Å². The van der Waals surface area contributed by atoms with Crippen molar-refractivity contribution in [1.29, 1.82) is 0 Å². The second-order valence-corrected chi connectivity index (χ2v) is 7.24. The van der Waals surface area contributed by atoms with Gasteiger partial charge in [0.15, 0.2) is 0 Å². The van der Waals surface area contributed by atoms with Crippen molar-refractivity contribution in [3.8, 4) is 0 Å². The average molecular weight is 350 g/mol. The van der Waals surface area contributed by atoms with Crippen LogP contribution in [0, 0.1) is 12.7 Å². The SMILES string of the molecule is CCN(CC(=O)Nc1cccc(C)c1)S(=O)(=O)c1ccc(F)cc1. The molecule has 0 aliphatic carbocycles. The summed E-state index contributed by atoms with van der Waals surface area (Å²) < 4.78 is 39.1. The Morgan fingerprint density at radius 3 is 2.42 bits per heavy atom. The number of likely N-dealkylation sites (N-methyl/N-ethyl adjacent to an activating group) is 1. The quantitative estimate of drug-likeness (QED) is 0.871. The lowest BCUT2D eigenvalue weighted by molar-refractivity contribution is -0.116. The first-order chi connectivity index (χ1) is 11.3. The zero-order chi connectivity index (χ0) is 17.7. The fourth-order valence-corrected chi connectivity index (χ4v) is 3.61. The topological polar surface area (TPSA) is 66.5 Å². The van der Waals surface area contributed by atoms with Crippen molar-refractivity contribution in [2.75, 3.05) is 18.4 Å². The first-order valence-electron chi connectivity index (χ1n) is 7.45. The Morgan fingerprint density at radius 2 is 1.83 bits per heavy atom. The maximum Gasteiger partial charge on any atom is 0.243 e. The molecule has 0 aliphatic heterocycles. The van der Waals surface area contributed by atoms with E-state index in [1.54, 1.807) is 25.1 Å². The highest BCUT2D eigenvalue weighted by molar-refractivity contribution is 7.89. The van der Waals surface area contributed by atoms with E-state index in [4.69, 9.17) is 0 Å². The highest BCUT2D eigenvalue weighted by Crippen LogP contribution is 2.16. The highest BCUT2D eigenvalue weighted by Gasteiger charge is 2.25. The number of aryl methyl sites for hydroxylation is 1. The average Bonchev–Trinajstić information content (AvgIpc) is 2.53. The molecule has 5 nitrogen and oxygen atoms in total. The van der Waals surface area contributed by atoms with Gasteiger partial charge in [-0.2, -0.15) is 4.31 Å². The molecular formula is C17H19FN2O3S. The van der Waals surface area contributed by atoms with Gasteiger partial charge in [-0.15, -0.1) is 0 Å². The van der Waals surface area contributed by atoms with Crippen LogP contribution in [0.4, 0.5) is 10.1 Å². The number of nitrogens with one attached hydrogen (secondary N) is 1. The van der Waals surface area contributed by atoms with E-state index in [0.29, 0.717) is 5.69 Å². The zero-order valence-electron chi connectivity index (χ0n) is 13.5. The molecular weight excluding hydrogens is 331 g/mol.